The summed E-state index contributed by atoms with van der Waals surface area (Å²) in [7, 11) is 0. The molecule has 4 rings (SSSR count). The molecule has 7 nitrogen and oxygen atoms in total. The van der Waals surface area contributed by atoms with Crippen molar-refractivity contribution in [1.82, 2.24) is 25.3 Å². The van der Waals surface area contributed by atoms with Crippen molar-refractivity contribution < 1.29 is 4.79 Å². The number of aromatic nitrogens is 4. The second kappa shape index (κ2) is 8.12. The third kappa shape index (κ3) is 3.98. The summed E-state index contributed by atoms with van der Waals surface area (Å²) in [5.41, 5.74) is 2.99. The molecule has 0 bridgehead atoms. The summed E-state index contributed by atoms with van der Waals surface area (Å²) in [6.45, 7) is 0.354. The molecule has 3 aromatic rings. The Morgan fingerprint density at radius 3 is 2.75 bits per heavy atom. The van der Waals surface area contributed by atoms with Gasteiger partial charge in [0.1, 0.15) is 5.82 Å². The van der Waals surface area contributed by atoms with Crippen LogP contribution >= 0.6 is 0 Å². The molecule has 0 spiro atoms. The van der Waals surface area contributed by atoms with E-state index in [9.17, 15) is 9.59 Å². The summed E-state index contributed by atoms with van der Waals surface area (Å²) >= 11 is 0. The maximum atomic E-state index is 12.6. The van der Waals surface area contributed by atoms with E-state index in [0.29, 0.717) is 43.6 Å². The Hall–Kier alpha value is -3.35. The van der Waals surface area contributed by atoms with Gasteiger partial charge in [-0.05, 0) is 25.7 Å². The molecule has 1 atom stereocenters. The first-order chi connectivity index (χ1) is 13.7. The quantitative estimate of drug-likeness (QED) is 0.680. The predicted octanol–water partition coefficient (Wildman–Crippen LogP) is 2.04. The van der Waals surface area contributed by atoms with E-state index >= 15 is 0 Å². The Morgan fingerprint density at radius 1 is 1.14 bits per heavy atom. The van der Waals surface area contributed by atoms with Crippen molar-refractivity contribution in [1.29, 1.82) is 0 Å². The predicted molar refractivity (Wildman–Crippen MR) is 104 cm³/mol. The molecule has 2 aromatic heterocycles. The minimum absolute atomic E-state index is 0.0156. The Kier molecular flexibility index (Phi) is 5.23. The fraction of sp³-hybridized carbons (Fsp3) is 0.286. The molecule has 1 unspecified atom stereocenters. The van der Waals surface area contributed by atoms with Gasteiger partial charge >= 0.3 is 0 Å². The van der Waals surface area contributed by atoms with Gasteiger partial charge in [0.2, 0.25) is 5.91 Å². The van der Waals surface area contributed by atoms with Crippen LogP contribution in [0.15, 0.2) is 53.7 Å². The number of carbonyl (C=O) groups is 1. The van der Waals surface area contributed by atoms with Crippen molar-refractivity contribution >= 4 is 5.91 Å². The van der Waals surface area contributed by atoms with E-state index in [1.165, 1.54) is 0 Å². The number of rotatable bonds is 4. The molecule has 2 heterocycles. The number of aryl methyl sites for hydroxylation is 1. The molecule has 28 heavy (non-hydrogen) atoms. The first kappa shape index (κ1) is 18.0. The van der Waals surface area contributed by atoms with Crippen LogP contribution in [0.1, 0.15) is 29.8 Å². The van der Waals surface area contributed by atoms with Crippen molar-refractivity contribution in [3.8, 4) is 11.4 Å². The van der Waals surface area contributed by atoms with Crippen LogP contribution in [0.25, 0.3) is 11.4 Å². The zero-order valence-electron chi connectivity index (χ0n) is 15.4. The van der Waals surface area contributed by atoms with Crippen molar-refractivity contribution in [2.75, 3.05) is 0 Å². The lowest BCUT2D eigenvalue weighted by atomic mass is 9.99. The van der Waals surface area contributed by atoms with Crippen LogP contribution in [0.4, 0.5) is 0 Å². The van der Waals surface area contributed by atoms with Crippen LogP contribution < -0.4 is 10.9 Å². The van der Waals surface area contributed by atoms with Gasteiger partial charge in [-0.15, -0.1) is 0 Å². The Labute approximate surface area is 162 Å². The molecule has 0 aliphatic heterocycles. The van der Waals surface area contributed by atoms with Crippen molar-refractivity contribution in [3.63, 3.8) is 0 Å². The largest absolute Gasteiger partial charge is 0.350 e. The maximum Gasteiger partial charge on any atom is 0.254 e. The normalized spacial score (nSPS) is 16.1. The lowest BCUT2D eigenvalue weighted by Gasteiger charge is -2.13. The molecule has 0 saturated heterocycles. The lowest BCUT2D eigenvalue weighted by molar-refractivity contribution is -0.125. The number of nitrogens with zero attached hydrogens (tertiary/aromatic N) is 3. The zero-order valence-corrected chi connectivity index (χ0v) is 15.4. The third-order valence-corrected chi connectivity index (χ3v) is 5.05. The highest BCUT2D eigenvalue weighted by molar-refractivity contribution is 5.78. The molecular formula is C21H21N5O2. The average Bonchev–Trinajstić information content (AvgIpc) is 2.96. The first-order valence-corrected chi connectivity index (χ1v) is 9.41. The Bertz CT molecular complexity index is 1020. The highest BCUT2D eigenvalue weighted by atomic mass is 16.2. The van der Waals surface area contributed by atoms with Crippen LogP contribution in [0, 0.1) is 5.92 Å². The minimum Gasteiger partial charge on any atom is -0.350 e. The average molecular weight is 375 g/mol. The number of nitrogens with one attached hydrogen (secondary N) is 2. The summed E-state index contributed by atoms with van der Waals surface area (Å²) in [4.78, 5) is 40.9. The molecule has 1 aliphatic carbocycles. The van der Waals surface area contributed by atoms with Gasteiger partial charge in [0.25, 0.3) is 5.56 Å². The summed E-state index contributed by atoms with van der Waals surface area (Å²) < 4.78 is 0. The van der Waals surface area contributed by atoms with Crippen LogP contribution in [-0.2, 0) is 24.2 Å². The smallest absolute Gasteiger partial charge is 0.254 e. The zero-order chi connectivity index (χ0) is 19.3. The highest BCUT2D eigenvalue weighted by Crippen LogP contribution is 2.23. The second-order valence-electron chi connectivity index (χ2n) is 6.89. The topological polar surface area (TPSA) is 101 Å². The number of hydrogen-bond acceptors (Lipinski definition) is 5. The third-order valence-electron chi connectivity index (χ3n) is 5.05. The number of fused-ring (bicyclic) bond motifs is 1. The van der Waals surface area contributed by atoms with E-state index in [1.807, 2.05) is 30.3 Å². The maximum absolute atomic E-state index is 12.6. The van der Waals surface area contributed by atoms with Crippen LogP contribution in [-0.4, -0.2) is 25.8 Å². The molecule has 0 fully saturated rings. The summed E-state index contributed by atoms with van der Waals surface area (Å²) in [5.74, 6) is 0.415. The van der Waals surface area contributed by atoms with E-state index in [2.05, 4.69) is 25.3 Å². The van der Waals surface area contributed by atoms with Crippen LogP contribution in [0.2, 0.25) is 0 Å². The summed E-state index contributed by atoms with van der Waals surface area (Å²) in [6.07, 6.45) is 7.31. The first-order valence-electron chi connectivity index (χ1n) is 9.41. The van der Waals surface area contributed by atoms with E-state index < -0.39 is 0 Å². The van der Waals surface area contributed by atoms with E-state index in [0.717, 1.165) is 17.0 Å². The fourth-order valence-corrected chi connectivity index (χ4v) is 3.52. The van der Waals surface area contributed by atoms with Crippen LogP contribution in [0.3, 0.4) is 0 Å². The molecule has 7 heteroatoms. The molecule has 142 valence electrons. The van der Waals surface area contributed by atoms with Crippen molar-refractivity contribution in [2.45, 2.75) is 32.2 Å². The van der Waals surface area contributed by atoms with Gasteiger partial charge in [-0.2, -0.15) is 0 Å². The number of amides is 1. The van der Waals surface area contributed by atoms with Gasteiger partial charge in [-0.25, -0.2) is 4.98 Å². The number of carbonyl (C=O) groups excluding carboxylic acids is 1. The Balaban J connectivity index is 1.47. The standard InChI is InChI=1S/C21H21N5O2/c27-20(24-13-16-12-22-10-11-23-16)15-6-8-17-18(9-7-15)25-19(26-21(17)28)14-4-2-1-3-5-14/h1-5,10-12,15H,6-9,13H2,(H,24,27)(H,25,26,28). The lowest BCUT2D eigenvalue weighted by Crippen LogP contribution is -2.30. The second-order valence-corrected chi connectivity index (χ2v) is 6.89. The van der Waals surface area contributed by atoms with E-state index in [-0.39, 0.29) is 17.4 Å². The number of benzene rings is 1. The Morgan fingerprint density at radius 2 is 1.96 bits per heavy atom. The van der Waals surface area contributed by atoms with Gasteiger partial charge in [-0.1, -0.05) is 30.3 Å². The van der Waals surface area contributed by atoms with Crippen molar-refractivity contribution in [3.05, 3.63) is 76.2 Å². The minimum atomic E-state index is -0.148. The van der Waals surface area contributed by atoms with Crippen molar-refractivity contribution in [2.24, 2.45) is 5.92 Å². The van der Waals surface area contributed by atoms with E-state index in [1.54, 1.807) is 18.6 Å². The fourth-order valence-electron chi connectivity index (χ4n) is 3.52. The van der Waals surface area contributed by atoms with Gasteiger partial charge in [-0.3, -0.25) is 19.6 Å². The van der Waals surface area contributed by atoms with E-state index in [4.69, 9.17) is 0 Å². The van der Waals surface area contributed by atoms with Gasteiger partial charge < -0.3 is 10.3 Å². The monoisotopic (exact) mass is 375 g/mol. The SMILES string of the molecule is O=C(NCc1cnccn1)C1CCc2nc(-c3ccccc3)[nH]c(=O)c2CC1. The van der Waals surface area contributed by atoms with Gasteiger partial charge in [0.05, 0.1) is 24.1 Å². The highest BCUT2D eigenvalue weighted by Gasteiger charge is 2.25. The number of aromatic amines is 1. The van der Waals surface area contributed by atoms with Gasteiger partial charge in [0.15, 0.2) is 0 Å². The summed E-state index contributed by atoms with van der Waals surface area (Å²) in [6, 6.07) is 9.60. The number of hydrogen-bond donors (Lipinski definition) is 2. The van der Waals surface area contributed by atoms with Gasteiger partial charge in [0, 0.05) is 29.4 Å². The number of H-pyrrole nitrogens is 1. The molecule has 1 aliphatic rings. The molecule has 1 amide bonds. The molecule has 1 aromatic carbocycles. The molecule has 0 radical (unpaired) electrons. The molecule has 2 N–H and O–H groups in total. The van der Waals surface area contributed by atoms with Crippen LogP contribution in [0.5, 0.6) is 0 Å². The summed E-state index contributed by atoms with van der Waals surface area (Å²) in [5, 5.41) is 2.93. The molecular weight excluding hydrogens is 354 g/mol. The molecule has 0 saturated carbocycles.